The third kappa shape index (κ3) is 3.36. The zero-order valence-electron chi connectivity index (χ0n) is 9.88. The lowest BCUT2D eigenvalue weighted by molar-refractivity contribution is 0.0638. The molecule has 0 radical (unpaired) electrons. The van der Waals surface area contributed by atoms with Gasteiger partial charge in [0.25, 0.3) is 0 Å². The second-order valence-electron chi connectivity index (χ2n) is 4.55. The average Bonchev–Trinajstić information content (AvgIpc) is 2.27. The molecule has 3 N–H and O–H groups in total. The summed E-state index contributed by atoms with van der Waals surface area (Å²) in [7, 11) is 0. The molecule has 2 aliphatic rings. The van der Waals surface area contributed by atoms with Crippen LogP contribution in [0.5, 0.6) is 0 Å². The highest BCUT2D eigenvalue weighted by atomic mass is 16.1. The summed E-state index contributed by atoms with van der Waals surface area (Å²) in [4.78, 5) is 12.5. The Balaban J connectivity index is 0.000000128. The first kappa shape index (κ1) is 12.2. The predicted molar refractivity (Wildman–Crippen MR) is 68.0 cm³/mol. The molecule has 2 saturated heterocycles. The largest absolute Gasteiger partial charge is 0.325 e. The van der Waals surface area contributed by atoms with Crippen molar-refractivity contribution in [3.8, 4) is 0 Å². The van der Waals surface area contributed by atoms with Gasteiger partial charge in [-0.15, -0.1) is 0 Å². The van der Waals surface area contributed by atoms with Crippen molar-refractivity contribution in [3.63, 3.8) is 0 Å². The van der Waals surface area contributed by atoms with Crippen molar-refractivity contribution in [2.45, 2.75) is 12.1 Å². The maximum atomic E-state index is 10.0. The minimum Gasteiger partial charge on any atom is -0.325 e. The quantitative estimate of drug-likeness (QED) is 0.711. The molecule has 2 aliphatic heterocycles. The van der Waals surface area contributed by atoms with Gasteiger partial charge in [-0.05, 0) is 0 Å². The summed E-state index contributed by atoms with van der Waals surface area (Å²) >= 11 is 0. The second kappa shape index (κ2) is 5.91. The van der Waals surface area contributed by atoms with E-state index in [-0.39, 0.29) is 0 Å². The highest BCUT2D eigenvalue weighted by molar-refractivity contribution is 5.74. The summed E-state index contributed by atoms with van der Waals surface area (Å²) < 4.78 is 0. The molecule has 92 valence electrons. The Morgan fingerprint density at radius 1 is 1.24 bits per heavy atom. The van der Waals surface area contributed by atoms with E-state index in [1.807, 2.05) is 18.2 Å². The third-order valence-corrected chi connectivity index (χ3v) is 3.15. The molecule has 1 aromatic rings. The maximum absolute atomic E-state index is 10.0. The van der Waals surface area contributed by atoms with E-state index in [0.717, 1.165) is 31.0 Å². The molecule has 0 unspecified atom stereocenters. The van der Waals surface area contributed by atoms with E-state index in [1.54, 1.807) is 12.1 Å². The molecule has 0 aliphatic carbocycles. The molecule has 0 amide bonds. The summed E-state index contributed by atoms with van der Waals surface area (Å²) in [6, 6.07) is 10.4. The van der Waals surface area contributed by atoms with E-state index in [4.69, 9.17) is 5.73 Å². The topological polar surface area (TPSA) is 58.4 Å². The van der Waals surface area contributed by atoms with Crippen LogP contribution in [0.1, 0.15) is 10.4 Å². The number of aldehydes is 1. The number of hydrogen-bond acceptors (Lipinski definition) is 4. The minimum atomic E-state index is 0.464. The molecule has 17 heavy (non-hydrogen) atoms. The fraction of sp³-hybridized carbons (Fsp3) is 0.462. The van der Waals surface area contributed by atoms with Gasteiger partial charge in [0, 0.05) is 43.8 Å². The molecule has 0 bridgehead atoms. The van der Waals surface area contributed by atoms with Crippen molar-refractivity contribution in [1.29, 1.82) is 0 Å². The van der Waals surface area contributed by atoms with Crippen LogP contribution >= 0.6 is 0 Å². The second-order valence-corrected chi connectivity index (χ2v) is 4.55. The first-order valence-electron chi connectivity index (χ1n) is 6.00. The van der Waals surface area contributed by atoms with E-state index in [0.29, 0.717) is 6.04 Å². The molecule has 1 aromatic carbocycles. The van der Waals surface area contributed by atoms with Gasteiger partial charge in [-0.1, -0.05) is 30.3 Å². The summed E-state index contributed by atoms with van der Waals surface area (Å²) in [5, 5.41) is 3.24. The van der Waals surface area contributed by atoms with Gasteiger partial charge in [0.2, 0.25) is 0 Å². The Bertz CT molecular complexity index is 345. The van der Waals surface area contributed by atoms with Crippen LogP contribution in [0.15, 0.2) is 30.3 Å². The van der Waals surface area contributed by atoms with Gasteiger partial charge in [-0.25, -0.2) is 0 Å². The molecule has 0 saturated carbocycles. The number of rotatable bonds is 2. The predicted octanol–water partition coefficient (Wildman–Crippen LogP) is 0.100. The van der Waals surface area contributed by atoms with Crippen molar-refractivity contribution in [2.75, 3.05) is 26.2 Å². The standard InChI is InChI=1S/C7H6O.C6H13N3/c8-6-7-4-2-1-3-5-7;7-5-3-9(4-5)6-1-8-2-6/h1-6H;5-6,8H,1-4,7H2. The van der Waals surface area contributed by atoms with Gasteiger partial charge in [0.15, 0.2) is 0 Å². The lowest BCUT2D eigenvalue weighted by Crippen LogP contribution is -2.67. The van der Waals surface area contributed by atoms with Crippen LogP contribution in [0.2, 0.25) is 0 Å². The Morgan fingerprint density at radius 2 is 1.88 bits per heavy atom. The van der Waals surface area contributed by atoms with Crippen LogP contribution in [0.3, 0.4) is 0 Å². The highest BCUT2D eigenvalue weighted by Gasteiger charge is 2.32. The summed E-state index contributed by atoms with van der Waals surface area (Å²) in [5.41, 5.74) is 6.35. The van der Waals surface area contributed by atoms with Crippen LogP contribution in [-0.2, 0) is 0 Å². The van der Waals surface area contributed by atoms with Crippen molar-refractivity contribution in [3.05, 3.63) is 35.9 Å². The Hall–Kier alpha value is -1.23. The van der Waals surface area contributed by atoms with Gasteiger partial charge in [-0.3, -0.25) is 9.69 Å². The van der Waals surface area contributed by atoms with Gasteiger partial charge in [0.1, 0.15) is 6.29 Å². The molecule has 2 heterocycles. The molecule has 3 rings (SSSR count). The summed E-state index contributed by atoms with van der Waals surface area (Å²) in [5.74, 6) is 0. The maximum Gasteiger partial charge on any atom is 0.150 e. The van der Waals surface area contributed by atoms with Crippen LogP contribution < -0.4 is 11.1 Å². The van der Waals surface area contributed by atoms with Gasteiger partial charge in [0.05, 0.1) is 0 Å². The zero-order valence-corrected chi connectivity index (χ0v) is 9.88. The summed E-state index contributed by atoms with van der Waals surface area (Å²) in [6.07, 6.45) is 0.833. The van der Waals surface area contributed by atoms with Gasteiger partial charge >= 0.3 is 0 Å². The monoisotopic (exact) mass is 233 g/mol. The molecular weight excluding hydrogens is 214 g/mol. The lowest BCUT2D eigenvalue weighted by atomic mass is 10.0. The molecular formula is C13H19N3O. The molecule has 0 spiro atoms. The first-order chi connectivity index (χ1) is 8.29. The minimum absolute atomic E-state index is 0.464. The van der Waals surface area contributed by atoms with Crippen LogP contribution in [0.4, 0.5) is 0 Å². The van der Waals surface area contributed by atoms with Crippen LogP contribution in [0, 0.1) is 0 Å². The van der Waals surface area contributed by atoms with E-state index in [9.17, 15) is 4.79 Å². The Kier molecular flexibility index (Phi) is 4.25. The fourth-order valence-electron chi connectivity index (χ4n) is 1.91. The smallest absolute Gasteiger partial charge is 0.150 e. The lowest BCUT2D eigenvalue weighted by Gasteiger charge is -2.46. The number of nitrogens with zero attached hydrogens (tertiary/aromatic N) is 1. The molecule has 4 nitrogen and oxygen atoms in total. The number of likely N-dealkylation sites (tertiary alicyclic amines) is 1. The first-order valence-corrected chi connectivity index (χ1v) is 6.00. The van der Waals surface area contributed by atoms with Crippen molar-refractivity contribution >= 4 is 6.29 Å². The Morgan fingerprint density at radius 3 is 2.24 bits per heavy atom. The van der Waals surface area contributed by atoms with Gasteiger partial charge < -0.3 is 11.1 Å². The van der Waals surface area contributed by atoms with E-state index in [1.165, 1.54) is 13.1 Å². The molecule has 4 heteroatoms. The average molecular weight is 233 g/mol. The van der Waals surface area contributed by atoms with Crippen molar-refractivity contribution in [1.82, 2.24) is 10.2 Å². The highest BCUT2D eigenvalue weighted by Crippen LogP contribution is 2.12. The van der Waals surface area contributed by atoms with E-state index >= 15 is 0 Å². The van der Waals surface area contributed by atoms with Crippen molar-refractivity contribution in [2.24, 2.45) is 5.73 Å². The van der Waals surface area contributed by atoms with Crippen LogP contribution in [-0.4, -0.2) is 49.4 Å². The molecule has 2 fully saturated rings. The van der Waals surface area contributed by atoms with E-state index in [2.05, 4.69) is 10.2 Å². The molecule has 0 atom stereocenters. The van der Waals surface area contributed by atoms with Gasteiger partial charge in [-0.2, -0.15) is 0 Å². The van der Waals surface area contributed by atoms with Crippen LogP contribution in [0.25, 0.3) is 0 Å². The number of nitrogens with two attached hydrogens (primary N) is 1. The number of carbonyl (C=O) groups is 1. The third-order valence-electron chi connectivity index (χ3n) is 3.15. The van der Waals surface area contributed by atoms with Crippen molar-refractivity contribution < 1.29 is 4.79 Å². The zero-order chi connectivity index (χ0) is 12.1. The SMILES string of the molecule is NC1CN(C2CNC2)C1.O=Cc1ccccc1. The molecule has 0 aromatic heterocycles. The Labute approximate surface area is 102 Å². The summed E-state index contributed by atoms with van der Waals surface area (Å²) in [6.45, 7) is 4.58. The fourth-order valence-corrected chi connectivity index (χ4v) is 1.91. The normalized spacial score (nSPS) is 20.8. The number of nitrogens with one attached hydrogen (secondary N) is 1. The van der Waals surface area contributed by atoms with E-state index < -0.39 is 0 Å². The number of carbonyl (C=O) groups excluding carboxylic acids is 1. The number of benzene rings is 1. The number of hydrogen-bond donors (Lipinski definition) is 2.